The summed E-state index contributed by atoms with van der Waals surface area (Å²) in [4.78, 5) is 17.1. The Labute approximate surface area is 184 Å². The number of halogens is 1. The van der Waals surface area contributed by atoms with E-state index in [-0.39, 0.29) is 18.2 Å². The van der Waals surface area contributed by atoms with Gasteiger partial charge in [0.05, 0.1) is 19.3 Å². The molecule has 2 aromatic carbocycles. The van der Waals surface area contributed by atoms with Gasteiger partial charge < -0.3 is 29.2 Å². The summed E-state index contributed by atoms with van der Waals surface area (Å²) in [5, 5.41) is 4.08. The third-order valence-electron chi connectivity index (χ3n) is 4.04. The van der Waals surface area contributed by atoms with Crippen molar-refractivity contribution in [2.24, 2.45) is 10.9 Å². The van der Waals surface area contributed by atoms with Crippen molar-refractivity contribution in [1.82, 2.24) is 0 Å². The summed E-state index contributed by atoms with van der Waals surface area (Å²) >= 11 is 5.97. The zero-order valence-electron chi connectivity index (χ0n) is 17.0. The molecule has 3 rings (SSSR count). The Morgan fingerprint density at radius 3 is 2.45 bits per heavy atom. The van der Waals surface area contributed by atoms with Crippen molar-refractivity contribution in [1.29, 1.82) is 0 Å². The molecule has 1 heterocycles. The molecule has 2 N–H and O–H groups in total. The van der Waals surface area contributed by atoms with Gasteiger partial charge in [0.25, 0.3) is 0 Å². The van der Waals surface area contributed by atoms with Crippen molar-refractivity contribution in [2.75, 3.05) is 13.7 Å². The molecule has 162 valence electrons. The molecule has 1 aromatic heterocycles. The van der Waals surface area contributed by atoms with Crippen LogP contribution in [0.3, 0.4) is 0 Å². The van der Waals surface area contributed by atoms with Gasteiger partial charge in [-0.05, 0) is 61.5 Å². The molecule has 0 atom stereocenters. The van der Waals surface area contributed by atoms with Gasteiger partial charge in [0, 0.05) is 5.02 Å². The highest BCUT2D eigenvalue weighted by molar-refractivity contribution is 6.31. The molecule has 0 aliphatic carbocycles. The molecule has 3 aromatic rings. The zero-order chi connectivity index (χ0) is 22.2. The molecule has 0 radical (unpaired) electrons. The fourth-order valence-corrected chi connectivity index (χ4v) is 2.76. The van der Waals surface area contributed by atoms with Crippen molar-refractivity contribution in [3.63, 3.8) is 0 Å². The SMILES string of the molecule is CCOc1ccc(OCc2ccc(C(=O)O/N=C(\N)c3cc(Cl)ccc3OC)o2)cc1. The highest BCUT2D eigenvalue weighted by Crippen LogP contribution is 2.23. The van der Waals surface area contributed by atoms with Crippen LogP contribution in [0.4, 0.5) is 0 Å². The predicted octanol–water partition coefficient (Wildman–Crippen LogP) is 4.40. The van der Waals surface area contributed by atoms with E-state index in [1.54, 1.807) is 48.5 Å². The Morgan fingerprint density at radius 2 is 1.77 bits per heavy atom. The van der Waals surface area contributed by atoms with Crippen LogP contribution in [0, 0.1) is 0 Å². The number of methoxy groups -OCH3 is 1. The Balaban J connectivity index is 1.58. The van der Waals surface area contributed by atoms with Gasteiger partial charge in [0.15, 0.2) is 5.84 Å². The average Bonchev–Trinajstić information content (AvgIpc) is 3.26. The highest BCUT2D eigenvalue weighted by Gasteiger charge is 2.15. The van der Waals surface area contributed by atoms with Crippen molar-refractivity contribution in [3.8, 4) is 17.2 Å². The first-order valence-corrected chi connectivity index (χ1v) is 9.71. The van der Waals surface area contributed by atoms with Crippen LogP contribution in [-0.2, 0) is 11.4 Å². The highest BCUT2D eigenvalue weighted by atomic mass is 35.5. The topological polar surface area (TPSA) is 106 Å². The lowest BCUT2D eigenvalue weighted by molar-refractivity contribution is 0.0475. The van der Waals surface area contributed by atoms with Crippen LogP contribution in [0.1, 0.15) is 28.8 Å². The van der Waals surface area contributed by atoms with E-state index < -0.39 is 5.97 Å². The largest absolute Gasteiger partial charge is 0.496 e. The minimum absolute atomic E-state index is 0.0418. The molecule has 8 nitrogen and oxygen atoms in total. The van der Waals surface area contributed by atoms with Crippen LogP contribution in [-0.4, -0.2) is 25.5 Å². The fraction of sp³-hybridized carbons (Fsp3) is 0.182. The lowest BCUT2D eigenvalue weighted by Gasteiger charge is -2.07. The van der Waals surface area contributed by atoms with E-state index in [0.717, 1.165) is 5.75 Å². The van der Waals surface area contributed by atoms with Gasteiger partial charge in [-0.3, -0.25) is 0 Å². The lowest BCUT2D eigenvalue weighted by atomic mass is 10.2. The quantitative estimate of drug-likeness (QED) is 0.226. The van der Waals surface area contributed by atoms with Gasteiger partial charge in [-0.1, -0.05) is 16.8 Å². The molecular weight excluding hydrogens is 424 g/mol. The van der Waals surface area contributed by atoms with Crippen molar-refractivity contribution >= 4 is 23.4 Å². The number of furan rings is 1. The predicted molar refractivity (Wildman–Crippen MR) is 115 cm³/mol. The number of nitrogens with two attached hydrogens (primary N) is 1. The molecular formula is C22H21ClN2O6. The monoisotopic (exact) mass is 444 g/mol. The number of rotatable bonds is 9. The van der Waals surface area contributed by atoms with Crippen molar-refractivity contribution in [3.05, 3.63) is 76.7 Å². The number of benzene rings is 2. The maximum atomic E-state index is 12.2. The van der Waals surface area contributed by atoms with Crippen LogP contribution in [0.5, 0.6) is 17.2 Å². The Kier molecular flexibility index (Phi) is 7.40. The molecule has 0 bridgehead atoms. The molecule has 0 fully saturated rings. The Hall–Kier alpha value is -3.65. The molecule has 0 spiro atoms. The van der Waals surface area contributed by atoms with E-state index in [1.807, 2.05) is 6.92 Å². The minimum Gasteiger partial charge on any atom is -0.496 e. The number of nitrogens with zero attached hydrogens (tertiary/aromatic N) is 1. The van der Waals surface area contributed by atoms with E-state index in [2.05, 4.69) is 5.16 Å². The van der Waals surface area contributed by atoms with Crippen molar-refractivity contribution in [2.45, 2.75) is 13.5 Å². The Morgan fingerprint density at radius 1 is 1.06 bits per heavy atom. The number of oxime groups is 1. The molecule has 0 unspecified atom stereocenters. The third-order valence-corrected chi connectivity index (χ3v) is 4.28. The van der Waals surface area contributed by atoms with Gasteiger partial charge in [0.2, 0.25) is 5.76 Å². The molecule has 0 saturated carbocycles. The first kappa shape index (κ1) is 22.0. The van der Waals surface area contributed by atoms with Crippen LogP contribution < -0.4 is 19.9 Å². The van der Waals surface area contributed by atoms with Gasteiger partial charge in [-0.25, -0.2) is 4.79 Å². The van der Waals surface area contributed by atoms with E-state index in [0.29, 0.717) is 34.5 Å². The average molecular weight is 445 g/mol. The molecule has 0 aliphatic heterocycles. The summed E-state index contributed by atoms with van der Waals surface area (Å²) in [5.41, 5.74) is 6.28. The second-order valence-electron chi connectivity index (χ2n) is 6.16. The number of ether oxygens (including phenoxy) is 3. The first-order chi connectivity index (χ1) is 15.0. The maximum Gasteiger partial charge on any atom is 0.400 e. The first-order valence-electron chi connectivity index (χ1n) is 9.33. The zero-order valence-corrected chi connectivity index (χ0v) is 17.7. The number of carbonyl (C=O) groups excluding carboxylic acids is 1. The lowest BCUT2D eigenvalue weighted by Crippen LogP contribution is -2.16. The summed E-state index contributed by atoms with van der Waals surface area (Å²) in [6.45, 7) is 2.64. The minimum atomic E-state index is -0.809. The van der Waals surface area contributed by atoms with E-state index in [9.17, 15) is 4.79 Å². The Bertz CT molecular complexity index is 1060. The summed E-state index contributed by atoms with van der Waals surface area (Å²) < 4.78 is 21.7. The van der Waals surface area contributed by atoms with Gasteiger partial charge in [-0.15, -0.1) is 0 Å². The number of amidine groups is 1. The second-order valence-corrected chi connectivity index (χ2v) is 6.60. The molecule has 31 heavy (non-hydrogen) atoms. The van der Waals surface area contributed by atoms with Crippen LogP contribution >= 0.6 is 11.6 Å². The van der Waals surface area contributed by atoms with Crippen LogP contribution in [0.25, 0.3) is 0 Å². The van der Waals surface area contributed by atoms with E-state index >= 15 is 0 Å². The van der Waals surface area contributed by atoms with E-state index in [4.69, 9.17) is 40.8 Å². The molecule has 9 heteroatoms. The van der Waals surface area contributed by atoms with Crippen LogP contribution in [0.2, 0.25) is 5.02 Å². The van der Waals surface area contributed by atoms with Crippen molar-refractivity contribution < 1.29 is 28.3 Å². The summed E-state index contributed by atoms with van der Waals surface area (Å²) in [6, 6.07) is 15.1. The fourth-order valence-electron chi connectivity index (χ4n) is 2.58. The number of carbonyl (C=O) groups is 1. The smallest absolute Gasteiger partial charge is 0.400 e. The summed E-state index contributed by atoms with van der Waals surface area (Å²) in [7, 11) is 1.48. The number of hydrogen-bond donors (Lipinski definition) is 1. The molecule has 0 aliphatic rings. The second kappa shape index (κ2) is 10.4. The van der Waals surface area contributed by atoms with E-state index in [1.165, 1.54) is 13.2 Å². The third kappa shape index (κ3) is 5.93. The van der Waals surface area contributed by atoms with Gasteiger partial charge >= 0.3 is 5.97 Å². The molecule has 0 saturated heterocycles. The maximum absolute atomic E-state index is 12.2. The number of hydrogen-bond acceptors (Lipinski definition) is 7. The normalized spacial score (nSPS) is 11.1. The van der Waals surface area contributed by atoms with Crippen LogP contribution in [0.15, 0.2) is 64.2 Å². The standard InChI is InChI=1S/C22H21ClN2O6/c1-3-28-15-5-7-16(8-6-15)29-13-17-9-11-20(30-17)22(26)31-25-21(24)18-12-14(23)4-10-19(18)27-2/h4-12H,3,13H2,1-2H3,(H2,24,25). The van der Waals surface area contributed by atoms with Gasteiger partial charge in [-0.2, -0.15) is 0 Å². The summed E-state index contributed by atoms with van der Waals surface area (Å²) in [6.07, 6.45) is 0. The summed E-state index contributed by atoms with van der Waals surface area (Å²) in [5.74, 6) is 1.35. The van der Waals surface area contributed by atoms with Gasteiger partial charge in [0.1, 0.15) is 29.6 Å². The molecule has 0 amide bonds.